The van der Waals surface area contributed by atoms with E-state index in [0.717, 1.165) is 25.4 Å². The molecule has 0 spiro atoms. The normalized spacial score (nSPS) is 16.0. The molecule has 132 valence electrons. The van der Waals surface area contributed by atoms with Crippen LogP contribution in [0.2, 0.25) is 0 Å². The van der Waals surface area contributed by atoms with Crippen LogP contribution in [0.15, 0.2) is 23.1 Å². The summed E-state index contributed by atoms with van der Waals surface area (Å²) in [5.41, 5.74) is -0.482. The summed E-state index contributed by atoms with van der Waals surface area (Å²) in [5, 5.41) is 11.1. The van der Waals surface area contributed by atoms with Crippen LogP contribution in [0.5, 0.6) is 5.75 Å². The van der Waals surface area contributed by atoms with Gasteiger partial charge in [-0.3, -0.25) is 14.9 Å². The van der Waals surface area contributed by atoms with E-state index in [1.165, 1.54) is 12.1 Å². The molecule has 0 N–H and O–H groups in total. The number of amides is 1. The second kappa shape index (κ2) is 7.14. The van der Waals surface area contributed by atoms with Crippen LogP contribution in [0.25, 0.3) is 0 Å². The van der Waals surface area contributed by atoms with Gasteiger partial charge in [0.15, 0.2) is 22.2 Å². The number of ether oxygens (including phenoxy) is 1. The van der Waals surface area contributed by atoms with Crippen LogP contribution in [-0.2, 0) is 14.6 Å². The molecular weight excluding hydrogens is 338 g/mol. The molecule has 1 fully saturated rings. The topological polar surface area (TPSA) is 110 Å². The minimum atomic E-state index is -3.57. The molecule has 0 radical (unpaired) electrons. The smallest absolute Gasteiger partial charge is 0.312 e. The van der Waals surface area contributed by atoms with E-state index in [4.69, 9.17) is 4.74 Å². The first-order valence-corrected chi connectivity index (χ1v) is 9.15. The molecule has 0 aliphatic carbocycles. The predicted octanol–water partition coefficient (Wildman–Crippen LogP) is 0.151. The number of sulfone groups is 1. The molecule has 1 amide bonds. The number of piperazine rings is 1. The molecular formula is C14H19N3O6S. The monoisotopic (exact) mass is 357 g/mol. The Labute approximate surface area is 139 Å². The van der Waals surface area contributed by atoms with Crippen molar-refractivity contribution in [1.82, 2.24) is 9.80 Å². The average molecular weight is 357 g/mol. The highest BCUT2D eigenvalue weighted by Gasteiger charge is 2.23. The molecule has 10 heteroatoms. The summed E-state index contributed by atoms with van der Waals surface area (Å²) in [6.45, 7) is 2.34. The zero-order valence-electron chi connectivity index (χ0n) is 13.5. The lowest BCUT2D eigenvalue weighted by Gasteiger charge is -2.32. The molecule has 0 saturated carbocycles. The van der Waals surface area contributed by atoms with Crippen molar-refractivity contribution in [3.05, 3.63) is 28.3 Å². The summed E-state index contributed by atoms with van der Waals surface area (Å²) in [6, 6.07) is 3.36. The van der Waals surface area contributed by atoms with Gasteiger partial charge in [-0.15, -0.1) is 0 Å². The number of carbonyl (C=O) groups is 1. The number of nitro groups is 1. The summed E-state index contributed by atoms with van der Waals surface area (Å²) in [5.74, 6) is -0.389. The molecule has 1 aliphatic rings. The van der Waals surface area contributed by atoms with Crippen molar-refractivity contribution in [1.29, 1.82) is 0 Å². The van der Waals surface area contributed by atoms with Crippen LogP contribution >= 0.6 is 0 Å². The third-order valence-electron chi connectivity index (χ3n) is 3.76. The van der Waals surface area contributed by atoms with E-state index >= 15 is 0 Å². The number of nitro benzene ring substituents is 1. The van der Waals surface area contributed by atoms with E-state index in [0.29, 0.717) is 13.1 Å². The number of carbonyl (C=O) groups excluding carboxylic acids is 1. The Hall–Kier alpha value is -2.20. The van der Waals surface area contributed by atoms with Gasteiger partial charge in [0.05, 0.1) is 9.82 Å². The predicted molar refractivity (Wildman–Crippen MR) is 85.8 cm³/mol. The van der Waals surface area contributed by atoms with Crippen LogP contribution in [0, 0.1) is 10.1 Å². The van der Waals surface area contributed by atoms with E-state index in [2.05, 4.69) is 4.90 Å². The number of hydrogen-bond donors (Lipinski definition) is 0. The van der Waals surface area contributed by atoms with Gasteiger partial charge in [-0.1, -0.05) is 0 Å². The van der Waals surface area contributed by atoms with Gasteiger partial charge in [-0.25, -0.2) is 8.42 Å². The highest BCUT2D eigenvalue weighted by Crippen LogP contribution is 2.29. The molecule has 0 unspecified atom stereocenters. The van der Waals surface area contributed by atoms with Gasteiger partial charge in [0.25, 0.3) is 5.91 Å². The van der Waals surface area contributed by atoms with E-state index in [9.17, 15) is 23.3 Å². The molecule has 2 rings (SSSR count). The van der Waals surface area contributed by atoms with Gasteiger partial charge in [0, 0.05) is 38.5 Å². The molecule has 1 heterocycles. The first-order valence-electron chi connectivity index (χ1n) is 7.26. The Bertz CT molecular complexity index is 741. The second-order valence-corrected chi connectivity index (χ2v) is 7.65. The largest absolute Gasteiger partial charge is 0.477 e. The van der Waals surface area contributed by atoms with Crippen molar-refractivity contribution in [3.8, 4) is 5.75 Å². The fourth-order valence-electron chi connectivity index (χ4n) is 2.28. The summed E-state index contributed by atoms with van der Waals surface area (Å²) in [4.78, 5) is 26.0. The summed E-state index contributed by atoms with van der Waals surface area (Å²) >= 11 is 0. The lowest BCUT2D eigenvalue weighted by Crippen LogP contribution is -2.48. The SMILES string of the molecule is CN1CCN(C(=O)COc2ccc(S(C)(=O)=O)cc2[N+](=O)[O-])CC1. The van der Waals surface area contributed by atoms with E-state index in [1.807, 2.05) is 7.05 Å². The van der Waals surface area contributed by atoms with Crippen LogP contribution in [0.4, 0.5) is 5.69 Å². The van der Waals surface area contributed by atoms with Crippen molar-refractivity contribution >= 4 is 21.4 Å². The third kappa shape index (κ3) is 4.42. The Morgan fingerprint density at radius 1 is 1.29 bits per heavy atom. The van der Waals surface area contributed by atoms with Crippen LogP contribution < -0.4 is 4.74 Å². The molecule has 0 atom stereocenters. The van der Waals surface area contributed by atoms with Crippen molar-refractivity contribution in [2.75, 3.05) is 46.1 Å². The lowest BCUT2D eigenvalue weighted by atomic mass is 10.3. The van der Waals surface area contributed by atoms with Gasteiger partial charge in [0.1, 0.15) is 0 Å². The zero-order valence-corrected chi connectivity index (χ0v) is 14.3. The average Bonchev–Trinajstić information content (AvgIpc) is 2.52. The number of nitrogens with zero attached hydrogens (tertiary/aromatic N) is 3. The zero-order chi connectivity index (χ0) is 17.9. The molecule has 1 saturated heterocycles. The van der Waals surface area contributed by atoms with Gasteiger partial charge < -0.3 is 14.5 Å². The molecule has 1 aliphatic heterocycles. The maximum Gasteiger partial charge on any atom is 0.312 e. The van der Waals surface area contributed by atoms with Crippen molar-refractivity contribution in [3.63, 3.8) is 0 Å². The lowest BCUT2D eigenvalue weighted by molar-refractivity contribution is -0.386. The Kier molecular flexibility index (Phi) is 5.40. The second-order valence-electron chi connectivity index (χ2n) is 5.63. The first-order chi connectivity index (χ1) is 11.2. The van der Waals surface area contributed by atoms with E-state index in [1.54, 1.807) is 4.90 Å². The highest BCUT2D eigenvalue weighted by atomic mass is 32.2. The minimum absolute atomic E-state index is 0.130. The fourth-order valence-corrected chi connectivity index (χ4v) is 2.92. The van der Waals surface area contributed by atoms with Crippen LogP contribution in [0.1, 0.15) is 0 Å². The summed E-state index contributed by atoms with van der Waals surface area (Å²) in [7, 11) is -1.61. The van der Waals surface area contributed by atoms with Crippen molar-refractivity contribution < 1.29 is 22.9 Å². The van der Waals surface area contributed by atoms with Gasteiger partial charge in [-0.2, -0.15) is 0 Å². The molecule has 1 aromatic rings. The quantitative estimate of drug-likeness (QED) is 0.545. The molecule has 9 nitrogen and oxygen atoms in total. The summed E-state index contributed by atoms with van der Waals surface area (Å²) in [6.07, 6.45) is 0.962. The standard InChI is InChI=1S/C14H19N3O6S/c1-15-5-7-16(8-6-15)14(18)10-23-13-4-3-11(24(2,21)22)9-12(13)17(19)20/h3-4,9H,5-8,10H2,1-2H3. The first kappa shape index (κ1) is 18.1. The Morgan fingerprint density at radius 3 is 2.46 bits per heavy atom. The fraction of sp³-hybridized carbons (Fsp3) is 0.500. The van der Waals surface area contributed by atoms with Crippen LogP contribution in [0.3, 0.4) is 0 Å². The van der Waals surface area contributed by atoms with Gasteiger partial charge >= 0.3 is 5.69 Å². The number of hydrogen-bond acceptors (Lipinski definition) is 7. The van der Waals surface area contributed by atoms with Crippen LogP contribution in [-0.4, -0.2) is 75.1 Å². The highest BCUT2D eigenvalue weighted by molar-refractivity contribution is 7.90. The molecule has 24 heavy (non-hydrogen) atoms. The van der Waals surface area contributed by atoms with Crippen molar-refractivity contribution in [2.45, 2.75) is 4.90 Å². The number of rotatable bonds is 5. The number of likely N-dealkylation sites (N-methyl/N-ethyl adjacent to an activating group) is 1. The van der Waals surface area contributed by atoms with Gasteiger partial charge in [-0.05, 0) is 19.2 Å². The maximum absolute atomic E-state index is 12.1. The van der Waals surface area contributed by atoms with E-state index < -0.39 is 20.4 Å². The Morgan fingerprint density at radius 2 is 1.92 bits per heavy atom. The third-order valence-corrected chi connectivity index (χ3v) is 4.87. The number of benzene rings is 1. The molecule has 0 aromatic heterocycles. The summed E-state index contributed by atoms with van der Waals surface area (Å²) < 4.78 is 28.2. The molecule has 1 aromatic carbocycles. The van der Waals surface area contributed by atoms with Gasteiger partial charge in [0.2, 0.25) is 0 Å². The Balaban J connectivity index is 2.09. The van der Waals surface area contributed by atoms with E-state index in [-0.39, 0.29) is 23.2 Å². The maximum atomic E-state index is 12.1. The minimum Gasteiger partial charge on any atom is -0.477 e. The van der Waals surface area contributed by atoms with Crippen molar-refractivity contribution in [2.24, 2.45) is 0 Å². The molecule has 0 bridgehead atoms.